The van der Waals surface area contributed by atoms with Crippen molar-refractivity contribution >= 4 is 0 Å². The van der Waals surface area contributed by atoms with Gasteiger partial charge in [0.25, 0.3) is 0 Å². The summed E-state index contributed by atoms with van der Waals surface area (Å²) in [4.78, 5) is 0. The molecule has 2 aromatic rings. The minimum absolute atomic E-state index is 0.524. The first-order valence-electron chi connectivity index (χ1n) is 3.58. The van der Waals surface area contributed by atoms with Gasteiger partial charge in [-0.3, -0.25) is 5.10 Å². The maximum atomic E-state index is 9.62. The number of nitrogens with one attached hydrogen (secondary N) is 1. The average molecular weight is 164 g/mol. The number of aromatic amines is 1. The van der Waals surface area contributed by atoms with Crippen LogP contribution < -0.4 is 0 Å². The molecule has 2 heterocycles. The molecule has 0 fully saturated rings. The van der Waals surface area contributed by atoms with Crippen LogP contribution in [-0.2, 0) is 0 Å². The summed E-state index contributed by atoms with van der Waals surface area (Å²) < 4.78 is 5.03. The van der Waals surface area contributed by atoms with E-state index in [0.29, 0.717) is 11.3 Å². The molecule has 1 atom stereocenters. The van der Waals surface area contributed by atoms with Crippen LogP contribution in [0.2, 0.25) is 0 Å². The van der Waals surface area contributed by atoms with Gasteiger partial charge in [0.05, 0.1) is 12.5 Å². The minimum atomic E-state index is -0.723. The molecule has 0 saturated carbocycles. The molecule has 0 bridgehead atoms. The van der Waals surface area contributed by atoms with Crippen LogP contribution >= 0.6 is 0 Å². The number of aromatic nitrogens is 2. The number of H-pyrrole nitrogens is 1. The Morgan fingerprint density at radius 1 is 1.58 bits per heavy atom. The van der Waals surface area contributed by atoms with Gasteiger partial charge in [0, 0.05) is 11.8 Å². The van der Waals surface area contributed by atoms with Crippen molar-refractivity contribution < 1.29 is 9.52 Å². The molecule has 1 unspecified atom stereocenters. The Kier molecular flexibility index (Phi) is 1.68. The SMILES string of the molecule is OC(c1cn[nH]c1)c1ccco1. The molecule has 2 aromatic heterocycles. The summed E-state index contributed by atoms with van der Waals surface area (Å²) in [5, 5.41) is 16.0. The average Bonchev–Trinajstić information content (AvgIpc) is 2.77. The van der Waals surface area contributed by atoms with E-state index in [0.717, 1.165) is 0 Å². The Morgan fingerprint density at radius 2 is 2.50 bits per heavy atom. The van der Waals surface area contributed by atoms with Gasteiger partial charge in [-0.1, -0.05) is 0 Å². The second-order valence-corrected chi connectivity index (χ2v) is 2.45. The molecular formula is C8H8N2O2. The normalized spacial score (nSPS) is 13.1. The molecule has 2 rings (SSSR count). The smallest absolute Gasteiger partial charge is 0.140 e. The molecule has 0 aliphatic rings. The van der Waals surface area contributed by atoms with Crippen molar-refractivity contribution in [3.8, 4) is 0 Å². The molecule has 0 amide bonds. The minimum Gasteiger partial charge on any atom is -0.466 e. The van der Waals surface area contributed by atoms with Gasteiger partial charge >= 0.3 is 0 Å². The fourth-order valence-corrected chi connectivity index (χ4v) is 1.02. The van der Waals surface area contributed by atoms with Crippen LogP contribution in [0.25, 0.3) is 0 Å². The summed E-state index contributed by atoms with van der Waals surface area (Å²) in [6.07, 6.45) is 4.00. The molecule has 62 valence electrons. The van der Waals surface area contributed by atoms with E-state index in [2.05, 4.69) is 10.2 Å². The first-order chi connectivity index (χ1) is 5.88. The fraction of sp³-hybridized carbons (Fsp3) is 0.125. The van der Waals surface area contributed by atoms with Crippen LogP contribution in [0.3, 0.4) is 0 Å². The highest BCUT2D eigenvalue weighted by Gasteiger charge is 2.13. The number of rotatable bonds is 2. The first kappa shape index (κ1) is 7.12. The lowest BCUT2D eigenvalue weighted by Crippen LogP contribution is -1.95. The zero-order valence-electron chi connectivity index (χ0n) is 6.27. The van der Waals surface area contributed by atoms with Crippen molar-refractivity contribution in [2.75, 3.05) is 0 Å². The van der Waals surface area contributed by atoms with Crippen molar-refractivity contribution in [2.24, 2.45) is 0 Å². The highest BCUT2D eigenvalue weighted by molar-refractivity contribution is 5.18. The summed E-state index contributed by atoms with van der Waals surface area (Å²) in [6, 6.07) is 3.45. The fourth-order valence-electron chi connectivity index (χ4n) is 1.02. The summed E-state index contributed by atoms with van der Waals surface area (Å²) >= 11 is 0. The number of hydrogen-bond acceptors (Lipinski definition) is 3. The van der Waals surface area contributed by atoms with Gasteiger partial charge in [-0.2, -0.15) is 5.10 Å². The Labute approximate surface area is 68.8 Å². The second-order valence-electron chi connectivity index (χ2n) is 2.45. The van der Waals surface area contributed by atoms with Crippen molar-refractivity contribution in [3.63, 3.8) is 0 Å². The van der Waals surface area contributed by atoms with Gasteiger partial charge in [0.15, 0.2) is 0 Å². The van der Waals surface area contributed by atoms with Crippen molar-refractivity contribution in [3.05, 3.63) is 42.1 Å². The van der Waals surface area contributed by atoms with E-state index >= 15 is 0 Å². The van der Waals surface area contributed by atoms with E-state index < -0.39 is 6.10 Å². The topological polar surface area (TPSA) is 62.1 Å². The summed E-state index contributed by atoms with van der Waals surface area (Å²) in [6.45, 7) is 0. The van der Waals surface area contributed by atoms with E-state index in [9.17, 15) is 5.11 Å². The highest BCUT2D eigenvalue weighted by Crippen LogP contribution is 2.20. The number of aliphatic hydroxyl groups is 1. The molecule has 12 heavy (non-hydrogen) atoms. The van der Waals surface area contributed by atoms with Crippen LogP contribution in [0.5, 0.6) is 0 Å². The molecule has 0 aromatic carbocycles. The van der Waals surface area contributed by atoms with Crippen LogP contribution in [0.1, 0.15) is 17.4 Å². The Morgan fingerprint density at radius 3 is 3.08 bits per heavy atom. The zero-order chi connectivity index (χ0) is 8.39. The Hall–Kier alpha value is -1.55. The second kappa shape index (κ2) is 2.83. The molecular weight excluding hydrogens is 156 g/mol. The molecule has 0 aliphatic carbocycles. The monoisotopic (exact) mass is 164 g/mol. The van der Waals surface area contributed by atoms with Gasteiger partial charge in [0.1, 0.15) is 11.9 Å². The largest absolute Gasteiger partial charge is 0.466 e. The molecule has 0 radical (unpaired) electrons. The molecule has 4 heteroatoms. The van der Waals surface area contributed by atoms with Crippen LogP contribution in [0, 0.1) is 0 Å². The van der Waals surface area contributed by atoms with Crippen molar-refractivity contribution in [1.82, 2.24) is 10.2 Å². The molecule has 2 N–H and O–H groups in total. The highest BCUT2D eigenvalue weighted by atomic mass is 16.4. The third-order valence-electron chi connectivity index (χ3n) is 1.65. The maximum absolute atomic E-state index is 9.62. The number of nitrogens with zero attached hydrogens (tertiary/aromatic N) is 1. The van der Waals surface area contributed by atoms with E-state index in [1.165, 1.54) is 6.26 Å². The van der Waals surface area contributed by atoms with Gasteiger partial charge in [-0.15, -0.1) is 0 Å². The standard InChI is InChI=1S/C8H8N2O2/c11-8(6-4-9-10-5-6)7-2-1-3-12-7/h1-5,8,11H,(H,9,10). The molecule has 4 nitrogen and oxygen atoms in total. The lowest BCUT2D eigenvalue weighted by atomic mass is 10.2. The predicted molar refractivity (Wildman–Crippen MR) is 41.4 cm³/mol. The van der Waals surface area contributed by atoms with Gasteiger partial charge in [-0.05, 0) is 12.1 Å². The summed E-state index contributed by atoms with van der Waals surface area (Å²) in [5.74, 6) is 0.524. The van der Waals surface area contributed by atoms with E-state index in [1.54, 1.807) is 24.5 Å². The predicted octanol–water partition coefficient (Wildman–Crippen LogP) is 1.08. The lowest BCUT2D eigenvalue weighted by molar-refractivity contribution is 0.189. The number of aliphatic hydroxyl groups excluding tert-OH is 1. The lowest BCUT2D eigenvalue weighted by Gasteiger charge is -2.02. The molecule has 0 spiro atoms. The van der Waals surface area contributed by atoms with Crippen molar-refractivity contribution in [2.45, 2.75) is 6.10 Å². The van der Waals surface area contributed by atoms with Crippen LogP contribution in [0.15, 0.2) is 35.2 Å². The zero-order valence-corrected chi connectivity index (χ0v) is 6.27. The third-order valence-corrected chi connectivity index (χ3v) is 1.65. The van der Waals surface area contributed by atoms with E-state index in [1.807, 2.05) is 0 Å². The Balaban J connectivity index is 2.27. The van der Waals surface area contributed by atoms with Gasteiger partial charge in [0.2, 0.25) is 0 Å². The van der Waals surface area contributed by atoms with Crippen molar-refractivity contribution in [1.29, 1.82) is 0 Å². The number of hydrogen-bond donors (Lipinski definition) is 2. The van der Waals surface area contributed by atoms with Crippen LogP contribution in [-0.4, -0.2) is 15.3 Å². The maximum Gasteiger partial charge on any atom is 0.140 e. The van der Waals surface area contributed by atoms with Gasteiger partial charge < -0.3 is 9.52 Å². The quantitative estimate of drug-likeness (QED) is 0.698. The Bertz CT molecular complexity index is 292. The molecule has 0 saturated heterocycles. The van der Waals surface area contributed by atoms with Gasteiger partial charge in [-0.25, -0.2) is 0 Å². The third kappa shape index (κ3) is 1.12. The van der Waals surface area contributed by atoms with Crippen LogP contribution in [0.4, 0.5) is 0 Å². The van der Waals surface area contributed by atoms with E-state index in [4.69, 9.17) is 4.42 Å². The summed E-state index contributed by atoms with van der Waals surface area (Å²) in [7, 11) is 0. The summed E-state index contributed by atoms with van der Waals surface area (Å²) in [5.41, 5.74) is 0.699. The molecule has 0 aliphatic heterocycles. The first-order valence-corrected chi connectivity index (χ1v) is 3.58. The number of furan rings is 1. The van der Waals surface area contributed by atoms with E-state index in [-0.39, 0.29) is 0 Å².